The summed E-state index contributed by atoms with van der Waals surface area (Å²) in [6, 6.07) is 18.8. The highest BCUT2D eigenvalue weighted by molar-refractivity contribution is 8.04. The molecule has 0 spiro atoms. The van der Waals surface area contributed by atoms with Crippen molar-refractivity contribution in [3.05, 3.63) is 109 Å². The van der Waals surface area contributed by atoms with Gasteiger partial charge in [0.1, 0.15) is 17.4 Å². The SMILES string of the molecule is O=C(Cn1nnc2ccccc21)NN1C(=O)/C(=C/c2ccccc2[N+](=O)[O-])SC1c1ccccc1[N+](=O)[O-]. The molecule has 0 radical (unpaired) electrons. The van der Waals surface area contributed by atoms with Gasteiger partial charge in [-0.3, -0.25) is 35.2 Å². The lowest BCUT2D eigenvalue weighted by Gasteiger charge is -2.23. The molecule has 1 aromatic heterocycles. The summed E-state index contributed by atoms with van der Waals surface area (Å²) < 4.78 is 1.36. The Balaban J connectivity index is 1.50. The Morgan fingerprint density at radius 2 is 1.63 bits per heavy atom. The number of carbonyl (C=O) groups excluding carboxylic acids is 2. The Morgan fingerprint density at radius 3 is 2.39 bits per heavy atom. The number of thioether (sulfide) groups is 1. The first-order valence-corrected chi connectivity index (χ1v) is 12.0. The van der Waals surface area contributed by atoms with Gasteiger partial charge < -0.3 is 0 Å². The summed E-state index contributed by atoms with van der Waals surface area (Å²) in [4.78, 5) is 48.6. The molecule has 14 heteroatoms. The molecule has 2 amide bonds. The number of hydrogen-bond donors (Lipinski definition) is 1. The van der Waals surface area contributed by atoms with Crippen molar-refractivity contribution in [2.24, 2.45) is 0 Å². The fourth-order valence-electron chi connectivity index (χ4n) is 3.98. The molecule has 5 rings (SSSR count). The summed E-state index contributed by atoms with van der Waals surface area (Å²) in [6.45, 7) is -0.276. The zero-order chi connectivity index (χ0) is 26.8. The predicted molar refractivity (Wildman–Crippen MR) is 137 cm³/mol. The lowest BCUT2D eigenvalue weighted by molar-refractivity contribution is -0.385. The Kier molecular flexibility index (Phi) is 6.53. The topological polar surface area (TPSA) is 166 Å². The fourth-order valence-corrected chi connectivity index (χ4v) is 5.19. The van der Waals surface area contributed by atoms with Gasteiger partial charge in [-0.05, 0) is 30.3 Å². The number of nitrogens with one attached hydrogen (secondary N) is 1. The summed E-state index contributed by atoms with van der Waals surface area (Å²) in [6.07, 6.45) is 1.34. The lowest BCUT2D eigenvalue weighted by atomic mass is 10.1. The van der Waals surface area contributed by atoms with Crippen LogP contribution in [0.4, 0.5) is 11.4 Å². The van der Waals surface area contributed by atoms with E-state index in [1.807, 2.05) is 0 Å². The molecule has 0 bridgehead atoms. The number of amides is 2. The first-order chi connectivity index (χ1) is 18.3. The van der Waals surface area contributed by atoms with Gasteiger partial charge in [-0.15, -0.1) is 5.10 Å². The van der Waals surface area contributed by atoms with Crippen molar-refractivity contribution < 1.29 is 19.4 Å². The monoisotopic (exact) mass is 531 g/mol. The molecule has 190 valence electrons. The van der Waals surface area contributed by atoms with Crippen molar-refractivity contribution in [3.8, 4) is 0 Å². The molecule has 1 atom stereocenters. The van der Waals surface area contributed by atoms with E-state index in [-0.39, 0.29) is 34.0 Å². The molecule has 1 unspecified atom stereocenters. The Bertz CT molecular complexity index is 1640. The van der Waals surface area contributed by atoms with Crippen LogP contribution < -0.4 is 5.43 Å². The third-order valence-electron chi connectivity index (χ3n) is 5.68. The van der Waals surface area contributed by atoms with Gasteiger partial charge in [0.2, 0.25) is 0 Å². The Morgan fingerprint density at radius 1 is 0.974 bits per heavy atom. The second kappa shape index (κ2) is 10.1. The molecule has 0 aliphatic carbocycles. The van der Waals surface area contributed by atoms with Crippen LogP contribution in [0.3, 0.4) is 0 Å². The van der Waals surface area contributed by atoms with Crippen molar-refractivity contribution in [2.45, 2.75) is 11.9 Å². The van der Waals surface area contributed by atoms with E-state index < -0.39 is 27.0 Å². The largest absolute Gasteiger partial charge is 0.280 e. The van der Waals surface area contributed by atoms with Crippen molar-refractivity contribution in [1.82, 2.24) is 25.4 Å². The summed E-state index contributed by atoms with van der Waals surface area (Å²) in [7, 11) is 0. The molecule has 2 heterocycles. The van der Waals surface area contributed by atoms with Gasteiger partial charge in [-0.1, -0.05) is 53.4 Å². The number of benzene rings is 3. The van der Waals surface area contributed by atoms with Gasteiger partial charge in [0.25, 0.3) is 23.2 Å². The number of rotatable bonds is 7. The first kappa shape index (κ1) is 24.6. The molecule has 1 N–H and O–H groups in total. The summed E-state index contributed by atoms with van der Waals surface area (Å²) >= 11 is 0.940. The van der Waals surface area contributed by atoms with Crippen molar-refractivity contribution in [1.29, 1.82) is 0 Å². The van der Waals surface area contributed by atoms with Crippen LogP contribution in [0.2, 0.25) is 0 Å². The fraction of sp³-hybridized carbons (Fsp3) is 0.0833. The molecule has 38 heavy (non-hydrogen) atoms. The first-order valence-electron chi connectivity index (χ1n) is 11.1. The van der Waals surface area contributed by atoms with Gasteiger partial charge >= 0.3 is 0 Å². The van der Waals surface area contributed by atoms with Crippen LogP contribution in [0.15, 0.2) is 77.7 Å². The maximum atomic E-state index is 13.5. The molecule has 4 aromatic rings. The molecule has 1 aliphatic rings. The van der Waals surface area contributed by atoms with Crippen molar-refractivity contribution in [3.63, 3.8) is 0 Å². The van der Waals surface area contributed by atoms with Crippen LogP contribution in [0.1, 0.15) is 16.5 Å². The van der Waals surface area contributed by atoms with Crippen LogP contribution in [0.5, 0.6) is 0 Å². The van der Waals surface area contributed by atoms with Gasteiger partial charge in [-0.2, -0.15) is 0 Å². The average molecular weight is 532 g/mol. The minimum absolute atomic E-state index is 0.0638. The van der Waals surface area contributed by atoms with E-state index in [4.69, 9.17) is 0 Å². The molecular weight excluding hydrogens is 514 g/mol. The van der Waals surface area contributed by atoms with E-state index in [0.717, 1.165) is 16.8 Å². The molecule has 0 saturated carbocycles. The average Bonchev–Trinajstić information content (AvgIpc) is 3.45. The van der Waals surface area contributed by atoms with E-state index in [1.54, 1.807) is 36.4 Å². The number of carbonyl (C=O) groups is 2. The number of nitro groups is 2. The second-order valence-corrected chi connectivity index (χ2v) is 9.18. The van der Waals surface area contributed by atoms with E-state index in [1.165, 1.54) is 47.2 Å². The summed E-state index contributed by atoms with van der Waals surface area (Å²) in [5, 5.41) is 31.1. The highest BCUT2D eigenvalue weighted by Crippen LogP contribution is 2.47. The van der Waals surface area contributed by atoms with Gasteiger partial charge in [0.05, 0.1) is 31.4 Å². The third-order valence-corrected chi connectivity index (χ3v) is 6.92. The zero-order valence-corrected chi connectivity index (χ0v) is 20.1. The van der Waals surface area contributed by atoms with Crippen LogP contribution in [0, 0.1) is 20.2 Å². The normalized spacial score (nSPS) is 16.2. The number of hydrazine groups is 1. The minimum atomic E-state index is -1.01. The number of nitrogens with zero attached hydrogens (tertiary/aromatic N) is 6. The summed E-state index contributed by atoms with van der Waals surface area (Å²) in [5.41, 5.74) is 3.63. The highest BCUT2D eigenvalue weighted by Gasteiger charge is 2.41. The number of hydrogen-bond acceptors (Lipinski definition) is 9. The third kappa shape index (κ3) is 4.67. The Labute approximate surface area is 218 Å². The standard InChI is InChI=1S/C24H17N7O6S/c32-22(14-28-20-12-6-3-9-17(20)25-27-28)26-29-23(33)21(13-15-7-1-4-10-18(15)30(34)35)38-24(29)16-8-2-5-11-19(16)31(36)37/h1-13,24H,14H2,(H,26,32)/b21-13-. The second-order valence-electron chi connectivity index (χ2n) is 8.06. The number of para-hydroxylation sites is 3. The van der Waals surface area contributed by atoms with E-state index in [0.29, 0.717) is 11.0 Å². The molecule has 1 aliphatic heterocycles. The van der Waals surface area contributed by atoms with Gasteiger partial charge in [0, 0.05) is 12.1 Å². The van der Waals surface area contributed by atoms with E-state index >= 15 is 0 Å². The minimum Gasteiger partial charge on any atom is -0.271 e. The predicted octanol–water partition coefficient (Wildman–Crippen LogP) is 3.59. The van der Waals surface area contributed by atoms with Crippen LogP contribution in [0.25, 0.3) is 17.1 Å². The van der Waals surface area contributed by atoms with E-state index in [9.17, 15) is 29.8 Å². The van der Waals surface area contributed by atoms with Crippen molar-refractivity contribution in [2.75, 3.05) is 0 Å². The maximum absolute atomic E-state index is 13.5. The van der Waals surface area contributed by atoms with Crippen LogP contribution >= 0.6 is 11.8 Å². The van der Waals surface area contributed by atoms with Crippen LogP contribution in [-0.2, 0) is 16.1 Å². The molecule has 1 saturated heterocycles. The van der Waals surface area contributed by atoms with E-state index in [2.05, 4.69) is 15.7 Å². The maximum Gasteiger partial charge on any atom is 0.280 e. The van der Waals surface area contributed by atoms with Crippen molar-refractivity contribution >= 4 is 52.1 Å². The van der Waals surface area contributed by atoms with Crippen LogP contribution in [-0.4, -0.2) is 41.7 Å². The number of nitro benzene ring substituents is 2. The van der Waals surface area contributed by atoms with Gasteiger partial charge in [-0.25, -0.2) is 9.69 Å². The van der Waals surface area contributed by atoms with Gasteiger partial charge in [0.15, 0.2) is 0 Å². The molecule has 3 aromatic carbocycles. The molecule has 13 nitrogen and oxygen atoms in total. The quantitative estimate of drug-likeness (QED) is 0.213. The smallest absolute Gasteiger partial charge is 0.271 e. The number of aromatic nitrogens is 3. The highest BCUT2D eigenvalue weighted by atomic mass is 32.2. The lowest BCUT2D eigenvalue weighted by Crippen LogP contribution is -2.45. The molecular formula is C24H17N7O6S. The zero-order valence-electron chi connectivity index (χ0n) is 19.3. The Hall–Kier alpha value is -5.11. The number of fused-ring (bicyclic) bond motifs is 1. The summed E-state index contributed by atoms with van der Waals surface area (Å²) in [5.74, 6) is -1.29. The molecule has 1 fully saturated rings.